The fraction of sp³-hybridized carbons (Fsp3) is 1.00. The first-order chi connectivity index (χ1) is 7.63. The van der Waals surface area contributed by atoms with Crippen molar-refractivity contribution in [2.75, 3.05) is 6.54 Å². The molecule has 0 saturated heterocycles. The summed E-state index contributed by atoms with van der Waals surface area (Å²) in [5.41, 5.74) is -0.0733. The SMILES string of the molecule is CCCCC(C)(CN[C@@H](C)C(F)(F)F)C(C)I. The lowest BCUT2D eigenvalue weighted by molar-refractivity contribution is -0.152. The molecule has 0 aromatic rings. The fourth-order valence-corrected chi connectivity index (χ4v) is 2.04. The molecule has 0 aromatic heterocycles. The van der Waals surface area contributed by atoms with Crippen molar-refractivity contribution in [3.63, 3.8) is 0 Å². The van der Waals surface area contributed by atoms with Gasteiger partial charge in [-0.05, 0) is 18.8 Å². The van der Waals surface area contributed by atoms with Crippen LogP contribution in [0.1, 0.15) is 47.0 Å². The van der Waals surface area contributed by atoms with E-state index in [1.165, 1.54) is 6.92 Å². The minimum Gasteiger partial charge on any atom is -0.306 e. The third-order valence-corrected chi connectivity index (χ3v) is 4.87. The first-order valence-electron chi connectivity index (χ1n) is 6.07. The quantitative estimate of drug-likeness (QED) is 0.516. The molecule has 1 N–H and O–H groups in total. The smallest absolute Gasteiger partial charge is 0.306 e. The molecular formula is C12H23F3IN. The van der Waals surface area contributed by atoms with Gasteiger partial charge in [-0.1, -0.05) is 56.2 Å². The van der Waals surface area contributed by atoms with Crippen LogP contribution in [0.25, 0.3) is 0 Å². The third-order valence-electron chi connectivity index (χ3n) is 3.36. The Labute approximate surface area is 116 Å². The molecule has 0 spiro atoms. The van der Waals surface area contributed by atoms with Crippen molar-refractivity contribution in [2.24, 2.45) is 5.41 Å². The summed E-state index contributed by atoms with van der Waals surface area (Å²) in [5, 5.41) is 2.62. The molecule has 0 bridgehead atoms. The fourth-order valence-electron chi connectivity index (χ4n) is 1.51. The number of nitrogens with one attached hydrogen (secondary N) is 1. The van der Waals surface area contributed by atoms with E-state index in [-0.39, 0.29) is 5.41 Å². The van der Waals surface area contributed by atoms with E-state index in [1.807, 2.05) is 0 Å². The lowest BCUT2D eigenvalue weighted by atomic mass is 9.82. The van der Waals surface area contributed by atoms with Crippen LogP contribution >= 0.6 is 22.6 Å². The van der Waals surface area contributed by atoms with E-state index in [0.717, 1.165) is 19.3 Å². The summed E-state index contributed by atoms with van der Waals surface area (Å²) in [5.74, 6) is 0. The van der Waals surface area contributed by atoms with Gasteiger partial charge in [-0.15, -0.1) is 0 Å². The van der Waals surface area contributed by atoms with Crippen LogP contribution in [0.5, 0.6) is 0 Å². The number of hydrogen-bond donors (Lipinski definition) is 1. The van der Waals surface area contributed by atoms with Gasteiger partial charge in [0.1, 0.15) is 6.04 Å². The molecule has 0 amide bonds. The van der Waals surface area contributed by atoms with Crippen molar-refractivity contribution >= 4 is 22.6 Å². The number of alkyl halides is 4. The molecule has 0 aliphatic heterocycles. The summed E-state index contributed by atoms with van der Waals surface area (Å²) in [7, 11) is 0. The first kappa shape index (κ1) is 17.5. The van der Waals surface area contributed by atoms with Crippen LogP contribution in [0, 0.1) is 5.41 Å². The second-order valence-electron chi connectivity index (χ2n) is 5.02. The van der Waals surface area contributed by atoms with Gasteiger partial charge in [-0.2, -0.15) is 13.2 Å². The molecule has 0 aromatic carbocycles. The Morgan fingerprint density at radius 3 is 2.12 bits per heavy atom. The Morgan fingerprint density at radius 2 is 1.76 bits per heavy atom. The normalized spacial score (nSPS) is 19.8. The molecule has 2 unspecified atom stereocenters. The molecule has 0 heterocycles. The third kappa shape index (κ3) is 6.27. The Kier molecular flexibility index (Phi) is 7.37. The van der Waals surface area contributed by atoms with Gasteiger partial charge in [0, 0.05) is 10.5 Å². The van der Waals surface area contributed by atoms with Crippen molar-refractivity contribution in [3.05, 3.63) is 0 Å². The zero-order valence-corrected chi connectivity index (χ0v) is 13.2. The lowest BCUT2D eigenvalue weighted by Gasteiger charge is -2.34. The molecule has 3 atom stereocenters. The van der Waals surface area contributed by atoms with Gasteiger partial charge < -0.3 is 5.32 Å². The first-order valence-corrected chi connectivity index (χ1v) is 7.32. The van der Waals surface area contributed by atoms with E-state index in [0.29, 0.717) is 10.5 Å². The average molecular weight is 365 g/mol. The van der Waals surface area contributed by atoms with Crippen LogP contribution in [-0.4, -0.2) is 22.7 Å². The van der Waals surface area contributed by atoms with Crippen LogP contribution in [0.4, 0.5) is 13.2 Å². The predicted molar refractivity (Wildman–Crippen MR) is 74.6 cm³/mol. The van der Waals surface area contributed by atoms with Gasteiger partial charge in [0.2, 0.25) is 0 Å². The van der Waals surface area contributed by atoms with E-state index in [1.54, 1.807) is 0 Å². The molecule has 0 fully saturated rings. The van der Waals surface area contributed by atoms with Gasteiger partial charge in [0.25, 0.3) is 0 Å². The maximum Gasteiger partial charge on any atom is 0.403 e. The van der Waals surface area contributed by atoms with E-state index in [9.17, 15) is 13.2 Å². The zero-order chi connectivity index (χ0) is 13.7. The van der Waals surface area contributed by atoms with Gasteiger partial charge in [-0.25, -0.2) is 0 Å². The van der Waals surface area contributed by atoms with Crippen molar-refractivity contribution in [2.45, 2.75) is 63.1 Å². The van der Waals surface area contributed by atoms with Crippen LogP contribution < -0.4 is 5.32 Å². The summed E-state index contributed by atoms with van der Waals surface area (Å²) in [6.07, 6.45) is -1.05. The van der Waals surface area contributed by atoms with Gasteiger partial charge >= 0.3 is 6.18 Å². The van der Waals surface area contributed by atoms with Gasteiger partial charge in [-0.3, -0.25) is 0 Å². The highest BCUT2D eigenvalue weighted by atomic mass is 127. The highest BCUT2D eigenvalue weighted by Gasteiger charge is 2.38. The molecule has 1 nitrogen and oxygen atoms in total. The Hall–Kier alpha value is 0.480. The van der Waals surface area contributed by atoms with Gasteiger partial charge in [0.15, 0.2) is 0 Å². The molecule has 5 heteroatoms. The topological polar surface area (TPSA) is 12.0 Å². The van der Waals surface area contributed by atoms with E-state index in [2.05, 4.69) is 48.7 Å². The molecule has 17 heavy (non-hydrogen) atoms. The predicted octanol–water partition coefficient (Wildman–Crippen LogP) is 4.55. The standard InChI is InChI=1S/C12H23F3IN/c1-5-6-7-11(4,9(2)16)8-17-10(3)12(13,14)15/h9-10,17H,5-8H2,1-4H3/t9?,10-,11?/m0/s1. The minimum absolute atomic E-state index is 0.0733. The molecule has 0 aliphatic carbocycles. The summed E-state index contributed by atoms with van der Waals surface area (Å²) >= 11 is 2.31. The number of unbranched alkanes of at least 4 members (excludes halogenated alkanes) is 1. The van der Waals surface area contributed by atoms with E-state index in [4.69, 9.17) is 0 Å². The highest BCUT2D eigenvalue weighted by Crippen LogP contribution is 2.33. The molecule has 104 valence electrons. The Morgan fingerprint density at radius 1 is 1.24 bits per heavy atom. The van der Waals surface area contributed by atoms with Crippen molar-refractivity contribution in [3.8, 4) is 0 Å². The number of rotatable bonds is 7. The summed E-state index contributed by atoms with van der Waals surface area (Å²) < 4.78 is 37.6. The second-order valence-corrected chi connectivity index (χ2v) is 6.89. The molecule has 0 aliphatic rings. The van der Waals surface area contributed by atoms with Crippen LogP contribution in [-0.2, 0) is 0 Å². The van der Waals surface area contributed by atoms with E-state index < -0.39 is 12.2 Å². The van der Waals surface area contributed by atoms with Gasteiger partial charge in [0.05, 0.1) is 0 Å². The number of hydrogen-bond acceptors (Lipinski definition) is 1. The van der Waals surface area contributed by atoms with Crippen LogP contribution in [0.3, 0.4) is 0 Å². The van der Waals surface area contributed by atoms with Crippen LogP contribution in [0.2, 0.25) is 0 Å². The monoisotopic (exact) mass is 365 g/mol. The van der Waals surface area contributed by atoms with Crippen LogP contribution in [0.15, 0.2) is 0 Å². The second kappa shape index (κ2) is 7.16. The van der Waals surface area contributed by atoms with Crippen molar-refractivity contribution < 1.29 is 13.2 Å². The average Bonchev–Trinajstić information content (AvgIpc) is 2.21. The highest BCUT2D eigenvalue weighted by molar-refractivity contribution is 14.1. The Bertz CT molecular complexity index is 218. The molecule has 0 radical (unpaired) electrons. The molecule has 0 rings (SSSR count). The summed E-state index contributed by atoms with van der Waals surface area (Å²) in [4.78, 5) is 0. The minimum atomic E-state index is -4.15. The number of halogens is 4. The van der Waals surface area contributed by atoms with Crippen molar-refractivity contribution in [1.29, 1.82) is 0 Å². The summed E-state index contributed by atoms with van der Waals surface area (Å²) in [6.45, 7) is 7.83. The summed E-state index contributed by atoms with van der Waals surface area (Å²) in [6, 6.07) is -1.43. The lowest BCUT2D eigenvalue weighted by Crippen LogP contribution is -2.46. The van der Waals surface area contributed by atoms with Crippen molar-refractivity contribution in [1.82, 2.24) is 5.32 Å². The largest absolute Gasteiger partial charge is 0.403 e. The maximum atomic E-state index is 12.4. The molecule has 0 saturated carbocycles. The maximum absolute atomic E-state index is 12.4. The Balaban J connectivity index is 4.36. The van der Waals surface area contributed by atoms with E-state index >= 15 is 0 Å². The molecular weight excluding hydrogens is 342 g/mol. The zero-order valence-electron chi connectivity index (χ0n) is 11.0.